The summed E-state index contributed by atoms with van der Waals surface area (Å²) in [5, 5.41) is 22.3. The fourth-order valence-corrected chi connectivity index (χ4v) is 3.15. The van der Waals surface area contributed by atoms with E-state index in [0.29, 0.717) is 23.6 Å². The number of aliphatic hydroxyl groups excluding tert-OH is 1. The van der Waals surface area contributed by atoms with Crippen LogP contribution in [0.2, 0.25) is 0 Å². The van der Waals surface area contributed by atoms with Gasteiger partial charge >= 0.3 is 0 Å². The fourth-order valence-electron chi connectivity index (χ4n) is 3.15. The Morgan fingerprint density at radius 2 is 2.20 bits per heavy atom. The lowest BCUT2D eigenvalue weighted by atomic mass is 10.1. The molecule has 130 valence electrons. The van der Waals surface area contributed by atoms with E-state index in [1.807, 2.05) is 6.07 Å². The smallest absolute Gasteiger partial charge is 0.129 e. The summed E-state index contributed by atoms with van der Waals surface area (Å²) in [6, 6.07) is 12.0. The number of hydrogen-bond donors (Lipinski definition) is 2. The van der Waals surface area contributed by atoms with E-state index in [4.69, 9.17) is 5.26 Å². The van der Waals surface area contributed by atoms with Gasteiger partial charge in [-0.25, -0.2) is 9.37 Å². The van der Waals surface area contributed by atoms with E-state index < -0.39 is 6.10 Å². The Bertz CT molecular complexity index is 744. The van der Waals surface area contributed by atoms with E-state index in [1.54, 1.807) is 36.5 Å². The molecule has 0 amide bonds. The van der Waals surface area contributed by atoms with Crippen molar-refractivity contribution in [1.82, 2.24) is 9.88 Å². The number of aromatic nitrogens is 1. The van der Waals surface area contributed by atoms with Gasteiger partial charge in [-0.1, -0.05) is 18.2 Å². The molecule has 1 aliphatic rings. The molecule has 1 aromatic carbocycles. The number of pyridine rings is 1. The van der Waals surface area contributed by atoms with Gasteiger partial charge in [0.05, 0.1) is 11.7 Å². The zero-order valence-electron chi connectivity index (χ0n) is 13.9. The highest BCUT2D eigenvalue weighted by atomic mass is 19.1. The average Bonchev–Trinajstić information content (AvgIpc) is 3.08. The number of likely N-dealkylation sites (tertiary alicyclic amines) is 1. The van der Waals surface area contributed by atoms with Gasteiger partial charge in [-0.2, -0.15) is 5.26 Å². The van der Waals surface area contributed by atoms with E-state index in [2.05, 4.69) is 15.2 Å². The molecule has 5 nitrogen and oxygen atoms in total. The lowest BCUT2D eigenvalue weighted by molar-refractivity contribution is 0.121. The number of β-amino-alcohol motifs (C(OH)–C–C–N with tert-alkyl or cyclic N) is 1. The Hall–Kier alpha value is -2.49. The van der Waals surface area contributed by atoms with Gasteiger partial charge in [0, 0.05) is 31.4 Å². The summed E-state index contributed by atoms with van der Waals surface area (Å²) in [6.07, 6.45) is 1.76. The van der Waals surface area contributed by atoms with Gasteiger partial charge in [-0.3, -0.25) is 0 Å². The molecule has 2 N–H and O–H groups in total. The molecule has 6 heteroatoms. The Kier molecular flexibility index (Phi) is 5.59. The molecular formula is C19H21FN4O. The van der Waals surface area contributed by atoms with Gasteiger partial charge in [-0.05, 0) is 37.1 Å². The maximum atomic E-state index is 13.7. The number of nitrogens with zero attached hydrogens (tertiary/aromatic N) is 3. The second kappa shape index (κ2) is 8.06. The van der Waals surface area contributed by atoms with Crippen molar-refractivity contribution in [3.05, 3.63) is 59.5 Å². The van der Waals surface area contributed by atoms with Crippen LogP contribution in [0.4, 0.5) is 10.2 Å². The van der Waals surface area contributed by atoms with E-state index in [-0.39, 0.29) is 5.82 Å². The Labute approximate surface area is 146 Å². The molecule has 2 aromatic rings. The van der Waals surface area contributed by atoms with Crippen LogP contribution in [0.3, 0.4) is 0 Å². The van der Waals surface area contributed by atoms with Crippen LogP contribution in [-0.2, 0) is 0 Å². The van der Waals surface area contributed by atoms with E-state index in [1.165, 1.54) is 6.07 Å². The first-order chi connectivity index (χ1) is 12.2. The number of hydrogen-bond acceptors (Lipinski definition) is 5. The van der Waals surface area contributed by atoms with Crippen molar-refractivity contribution < 1.29 is 9.50 Å². The van der Waals surface area contributed by atoms with Crippen molar-refractivity contribution in [3.8, 4) is 6.07 Å². The van der Waals surface area contributed by atoms with Crippen LogP contribution in [0.1, 0.15) is 23.7 Å². The molecule has 0 spiro atoms. The SMILES string of the molecule is N#Cc1ccc(NCC2CCN(CC(O)c3ccccc3F)C2)nc1. The van der Waals surface area contributed by atoms with Crippen molar-refractivity contribution in [2.24, 2.45) is 5.92 Å². The third-order valence-electron chi connectivity index (χ3n) is 4.53. The van der Waals surface area contributed by atoms with Crippen LogP contribution < -0.4 is 5.32 Å². The summed E-state index contributed by atoms with van der Waals surface area (Å²) in [4.78, 5) is 6.36. The van der Waals surface area contributed by atoms with Crippen molar-refractivity contribution >= 4 is 5.82 Å². The normalized spacial score (nSPS) is 18.7. The first kappa shape index (κ1) is 17.3. The molecule has 0 aliphatic carbocycles. The number of halogens is 1. The summed E-state index contributed by atoms with van der Waals surface area (Å²) in [5.74, 6) is 0.841. The molecular weight excluding hydrogens is 319 g/mol. The molecule has 2 heterocycles. The lowest BCUT2D eigenvalue weighted by Gasteiger charge is -2.21. The number of rotatable bonds is 6. The highest BCUT2D eigenvalue weighted by molar-refractivity contribution is 5.38. The third kappa shape index (κ3) is 4.53. The van der Waals surface area contributed by atoms with E-state index in [9.17, 15) is 9.50 Å². The zero-order valence-corrected chi connectivity index (χ0v) is 13.9. The molecule has 2 atom stereocenters. The molecule has 2 unspecified atom stereocenters. The van der Waals surface area contributed by atoms with E-state index in [0.717, 1.165) is 31.9 Å². The molecule has 25 heavy (non-hydrogen) atoms. The van der Waals surface area contributed by atoms with Gasteiger partial charge in [0.15, 0.2) is 0 Å². The van der Waals surface area contributed by atoms with Crippen LogP contribution in [0, 0.1) is 23.1 Å². The summed E-state index contributed by atoms with van der Waals surface area (Å²) in [6.45, 7) is 2.96. The van der Waals surface area contributed by atoms with Crippen molar-refractivity contribution in [3.63, 3.8) is 0 Å². The minimum atomic E-state index is -0.812. The predicted molar refractivity (Wildman–Crippen MR) is 93.3 cm³/mol. The summed E-state index contributed by atoms with van der Waals surface area (Å²) in [5.41, 5.74) is 0.894. The molecule has 0 radical (unpaired) electrons. The highest BCUT2D eigenvalue weighted by Gasteiger charge is 2.25. The second-order valence-corrected chi connectivity index (χ2v) is 6.38. The predicted octanol–water partition coefficient (Wildman–Crippen LogP) is 2.56. The minimum Gasteiger partial charge on any atom is -0.387 e. The van der Waals surface area contributed by atoms with Crippen LogP contribution in [-0.4, -0.2) is 41.2 Å². The van der Waals surface area contributed by atoms with Crippen molar-refractivity contribution in [2.45, 2.75) is 12.5 Å². The van der Waals surface area contributed by atoms with Crippen LogP contribution in [0.15, 0.2) is 42.6 Å². The molecule has 1 saturated heterocycles. The Balaban J connectivity index is 1.47. The summed E-state index contributed by atoms with van der Waals surface area (Å²) >= 11 is 0. The molecule has 1 aromatic heterocycles. The Morgan fingerprint density at radius 3 is 2.92 bits per heavy atom. The molecule has 1 aliphatic heterocycles. The number of benzene rings is 1. The van der Waals surface area contributed by atoms with Crippen LogP contribution >= 0.6 is 0 Å². The molecule has 0 saturated carbocycles. The number of aliphatic hydroxyl groups is 1. The number of nitriles is 1. The van der Waals surface area contributed by atoms with Gasteiger partial charge in [0.25, 0.3) is 0 Å². The van der Waals surface area contributed by atoms with Crippen molar-refractivity contribution in [2.75, 3.05) is 31.5 Å². The number of anilines is 1. The average molecular weight is 340 g/mol. The second-order valence-electron chi connectivity index (χ2n) is 6.38. The maximum absolute atomic E-state index is 13.7. The fraction of sp³-hybridized carbons (Fsp3) is 0.368. The minimum absolute atomic E-state index is 0.353. The van der Waals surface area contributed by atoms with Crippen LogP contribution in [0.25, 0.3) is 0 Å². The highest BCUT2D eigenvalue weighted by Crippen LogP contribution is 2.22. The molecule has 3 rings (SSSR count). The monoisotopic (exact) mass is 340 g/mol. The zero-order chi connectivity index (χ0) is 17.6. The largest absolute Gasteiger partial charge is 0.387 e. The Morgan fingerprint density at radius 1 is 1.36 bits per heavy atom. The van der Waals surface area contributed by atoms with E-state index >= 15 is 0 Å². The summed E-state index contributed by atoms with van der Waals surface area (Å²) in [7, 11) is 0. The first-order valence-corrected chi connectivity index (χ1v) is 8.40. The van der Waals surface area contributed by atoms with Gasteiger partial charge in [-0.15, -0.1) is 0 Å². The third-order valence-corrected chi connectivity index (χ3v) is 4.53. The van der Waals surface area contributed by atoms with Crippen molar-refractivity contribution in [1.29, 1.82) is 5.26 Å². The van der Waals surface area contributed by atoms with Crippen LogP contribution in [0.5, 0.6) is 0 Å². The standard InChI is InChI=1S/C19H21FN4O/c20-17-4-2-1-3-16(17)18(25)13-24-8-7-15(12-24)11-23-19-6-5-14(9-21)10-22-19/h1-6,10,15,18,25H,7-8,11-13H2,(H,22,23). The first-order valence-electron chi connectivity index (χ1n) is 8.40. The van der Waals surface area contributed by atoms with Gasteiger partial charge < -0.3 is 15.3 Å². The maximum Gasteiger partial charge on any atom is 0.129 e. The topological polar surface area (TPSA) is 72.2 Å². The molecule has 0 bridgehead atoms. The summed E-state index contributed by atoms with van der Waals surface area (Å²) < 4.78 is 13.7. The van der Waals surface area contributed by atoms with Gasteiger partial charge in [0.1, 0.15) is 17.7 Å². The van der Waals surface area contributed by atoms with Gasteiger partial charge in [0.2, 0.25) is 0 Å². The molecule has 1 fully saturated rings. The quantitative estimate of drug-likeness (QED) is 0.846. The number of nitrogens with one attached hydrogen (secondary N) is 1. The lowest BCUT2D eigenvalue weighted by Crippen LogP contribution is -2.28.